The van der Waals surface area contributed by atoms with E-state index in [-0.39, 0.29) is 17.5 Å². The number of carbonyl (C=O) groups excluding carboxylic acids is 3. The second-order valence-electron chi connectivity index (χ2n) is 9.29. The lowest BCUT2D eigenvalue weighted by Crippen LogP contribution is -2.27. The molecule has 3 N–H and O–H groups in total. The number of carbonyl (C=O) groups is 3. The molecule has 0 heterocycles. The first-order chi connectivity index (χ1) is 17.1. The van der Waals surface area contributed by atoms with Crippen molar-refractivity contribution in [2.24, 2.45) is 5.41 Å². The summed E-state index contributed by atoms with van der Waals surface area (Å²) < 4.78 is 0. The average Bonchev–Trinajstić information content (AvgIpc) is 2.89. The molecule has 0 fully saturated rings. The summed E-state index contributed by atoms with van der Waals surface area (Å²) in [6.45, 7) is 5.57. The lowest BCUT2D eigenvalue weighted by atomic mass is 9.95. The van der Waals surface area contributed by atoms with Crippen LogP contribution in [0.15, 0.2) is 109 Å². The molecule has 4 rings (SSSR count). The van der Waals surface area contributed by atoms with Crippen LogP contribution in [0.25, 0.3) is 0 Å². The first-order valence-corrected chi connectivity index (χ1v) is 11.6. The van der Waals surface area contributed by atoms with Crippen molar-refractivity contribution in [3.05, 3.63) is 131 Å². The Morgan fingerprint density at radius 1 is 0.556 bits per heavy atom. The van der Waals surface area contributed by atoms with Crippen LogP contribution in [-0.4, -0.2) is 17.5 Å². The fourth-order valence-electron chi connectivity index (χ4n) is 3.17. The minimum atomic E-state index is -0.446. The Bertz CT molecular complexity index is 1310. The summed E-state index contributed by atoms with van der Waals surface area (Å²) in [6.07, 6.45) is 0. The molecule has 4 aromatic carbocycles. The van der Waals surface area contributed by atoms with Crippen molar-refractivity contribution in [2.75, 3.05) is 11.1 Å². The van der Waals surface area contributed by atoms with Crippen LogP contribution in [-0.2, 0) is 4.79 Å². The number of rotatable bonds is 5. The van der Waals surface area contributed by atoms with Gasteiger partial charge in [0.05, 0.1) is 0 Å². The third-order valence-electron chi connectivity index (χ3n) is 5.33. The summed E-state index contributed by atoms with van der Waals surface area (Å²) in [7, 11) is 0. The number of ketones is 2. The van der Waals surface area contributed by atoms with E-state index in [1.165, 1.54) is 0 Å². The van der Waals surface area contributed by atoms with Gasteiger partial charge in [0.25, 0.3) is 0 Å². The Balaban J connectivity index is 0.000000212. The Kier molecular flexibility index (Phi) is 8.52. The van der Waals surface area contributed by atoms with Crippen LogP contribution >= 0.6 is 0 Å². The number of hydrogen-bond donors (Lipinski definition) is 2. The zero-order valence-corrected chi connectivity index (χ0v) is 20.7. The lowest BCUT2D eigenvalue weighted by molar-refractivity contribution is -0.123. The van der Waals surface area contributed by atoms with E-state index in [1.807, 2.05) is 57.2 Å². The second-order valence-corrected chi connectivity index (χ2v) is 9.29. The van der Waals surface area contributed by atoms with Crippen molar-refractivity contribution < 1.29 is 14.4 Å². The molecule has 0 aromatic heterocycles. The molecular formula is C31H30N2O3. The van der Waals surface area contributed by atoms with Gasteiger partial charge in [-0.1, -0.05) is 81.4 Å². The van der Waals surface area contributed by atoms with Crippen LogP contribution < -0.4 is 11.1 Å². The van der Waals surface area contributed by atoms with E-state index in [0.29, 0.717) is 33.6 Å². The van der Waals surface area contributed by atoms with E-state index < -0.39 is 5.41 Å². The summed E-state index contributed by atoms with van der Waals surface area (Å²) in [4.78, 5) is 36.1. The summed E-state index contributed by atoms with van der Waals surface area (Å²) in [5, 5.41) is 2.84. The number of benzene rings is 4. The second kappa shape index (κ2) is 11.8. The molecule has 0 atom stereocenters. The molecule has 182 valence electrons. The molecule has 0 radical (unpaired) electrons. The molecule has 5 heteroatoms. The van der Waals surface area contributed by atoms with Gasteiger partial charge in [-0.05, 0) is 48.5 Å². The monoisotopic (exact) mass is 478 g/mol. The highest BCUT2D eigenvalue weighted by molar-refractivity contribution is 6.09. The molecular weight excluding hydrogens is 448 g/mol. The molecule has 1 amide bonds. The van der Waals surface area contributed by atoms with Crippen LogP contribution in [0, 0.1) is 5.41 Å². The van der Waals surface area contributed by atoms with Gasteiger partial charge in [0, 0.05) is 39.0 Å². The topological polar surface area (TPSA) is 89.3 Å². The average molecular weight is 479 g/mol. The maximum atomic E-state index is 12.3. The van der Waals surface area contributed by atoms with Crippen LogP contribution in [0.5, 0.6) is 0 Å². The fourth-order valence-corrected chi connectivity index (χ4v) is 3.17. The molecule has 0 aliphatic carbocycles. The van der Waals surface area contributed by atoms with Gasteiger partial charge in [0.1, 0.15) is 0 Å². The maximum absolute atomic E-state index is 12.3. The molecule has 0 spiro atoms. The molecule has 0 saturated carbocycles. The summed E-state index contributed by atoms with van der Waals surface area (Å²) in [5.74, 6) is -0.0514. The van der Waals surface area contributed by atoms with Gasteiger partial charge in [-0.3, -0.25) is 14.4 Å². The Hall–Kier alpha value is -4.51. The zero-order chi connectivity index (χ0) is 26.1. The van der Waals surface area contributed by atoms with E-state index in [9.17, 15) is 14.4 Å². The standard InChI is InChI=1S/C18H19NO2.C13H11NO/c1-18(2,3)17(21)19-15-11-9-14(10-12-15)16(20)13-7-5-4-6-8-13;14-12-8-6-11(7-9-12)13(15)10-4-2-1-3-5-10/h4-12H,1-3H3,(H,19,21);1-9H,14H2. The summed E-state index contributed by atoms with van der Waals surface area (Å²) >= 11 is 0. The van der Waals surface area contributed by atoms with E-state index >= 15 is 0 Å². The predicted molar refractivity (Wildman–Crippen MR) is 145 cm³/mol. The molecule has 0 aliphatic rings. The van der Waals surface area contributed by atoms with Crippen molar-refractivity contribution in [2.45, 2.75) is 20.8 Å². The van der Waals surface area contributed by atoms with Crippen LogP contribution in [0.1, 0.15) is 52.6 Å². The Labute approximate surface area is 212 Å². The number of nitrogens with two attached hydrogens (primary N) is 1. The first kappa shape index (κ1) is 26.1. The van der Waals surface area contributed by atoms with Gasteiger partial charge < -0.3 is 11.1 Å². The largest absolute Gasteiger partial charge is 0.399 e. The number of anilines is 2. The fraction of sp³-hybridized carbons (Fsp3) is 0.129. The van der Waals surface area contributed by atoms with Gasteiger partial charge in [-0.25, -0.2) is 0 Å². The zero-order valence-electron chi connectivity index (χ0n) is 20.7. The van der Waals surface area contributed by atoms with Gasteiger partial charge in [-0.15, -0.1) is 0 Å². The van der Waals surface area contributed by atoms with Crippen molar-refractivity contribution in [3.63, 3.8) is 0 Å². The number of nitrogen functional groups attached to an aromatic ring is 1. The first-order valence-electron chi connectivity index (χ1n) is 11.6. The predicted octanol–water partition coefficient (Wildman–Crippen LogP) is 6.40. The van der Waals surface area contributed by atoms with Gasteiger partial charge in [0.2, 0.25) is 5.91 Å². The van der Waals surface area contributed by atoms with Crippen LogP contribution in [0.3, 0.4) is 0 Å². The smallest absolute Gasteiger partial charge is 0.229 e. The van der Waals surface area contributed by atoms with Crippen LogP contribution in [0.2, 0.25) is 0 Å². The van der Waals surface area contributed by atoms with E-state index in [2.05, 4.69) is 5.32 Å². The minimum absolute atomic E-state index is 0.0237. The van der Waals surface area contributed by atoms with Gasteiger partial charge in [0.15, 0.2) is 11.6 Å². The number of amides is 1. The van der Waals surface area contributed by atoms with Crippen LogP contribution in [0.4, 0.5) is 11.4 Å². The highest BCUT2D eigenvalue weighted by Crippen LogP contribution is 2.19. The van der Waals surface area contributed by atoms with Crippen molar-refractivity contribution in [3.8, 4) is 0 Å². The number of hydrogen-bond acceptors (Lipinski definition) is 4. The molecule has 5 nitrogen and oxygen atoms in total. The highest BCUT2D eigenvalue weighted by atomic mass is 16.2. The van der Waals surface area contributed by atoms with E-state index in [1.54, 1.807) is 72.8 Å². The van der Waals surface area contributed by atoms with Crippen molar-refractivity contribution in [1.29, 1.82) is 0 Å². The minimum Gasteiger partial charge on any atom is -0.399 e. The quantitative estimate of drug-likeness (QED) is 0.256. The third kappa shape index (κ3) is 7.24. The van der Waals surface area contributed by atoms with Crippen molar-refractivity contribution in [1.82, 2.24) is 0 Å². The van der Waals surface area contributed by atoms with E-state index in [0.717, 1.165) is 0 Å². The van der Waals surface area contributed by atoms with Crippen molar-refractivity contribution >= 4 is 28.8 Å². The molecule has 4 aromatic rings. The Morgan fingerprint density at radius 2 is 0.917 bits per heavy atom. The molecule has 0 bridgehead atoms. The van der Waals surface area contributed by atoms with Gasteiger partial charge in [-0.2, -0.15) is 0 Å². The summed E-state index contributed by atoms with van der Waals surface area (Å²) in [5.41, 5.74) is 9.09. The molecule has 0 saturated heterocycles. The summed E-state index contributed by atoms with van der Waals surface area (Å²) in [6, 6.07) is 32.2. The number of nitrogens with one attached hydrogen (secondary N) is 1. The molecule has 0 unspecified atom stereocenters. The normalized spacial score (nSPS) is 10.5. The Morgan fingerprint density at radius 3 is 1.31 bits per heavy atom. The molecule has 0 aliphatic heterocycles. The molecule has 36 heavy (non-hydrogen) atoms. The van der Waals surface area contributed by atoms with E-state index in [4.69, 9.17) is 5.73 Å². The lowest BCUT2D eigenvalue weighted by Gasteiger charge is -2.17. The highest BCUT2D eigenvalue weighted by Gasteiger charge is 2.21. The SMILES string of the molecule is CC(C)(C)C(=O)Nc1ccc(C(=O)c2ccccc2)cc1.Nc1ccc(C(=O)c2ccccc2)cc1. The third-order valence-corrected chi connectivity index (χ3v) is 5.33. The maximum Gasteiger partial charge on any atom is 0.229 e. The van der Waals surface area contributed by atoms with Gasteiger partial charge >= 0.3 is 0 Å².